The van der Waals surface area contributed by atoms with E-state index in [0.29, 0.717) is 6.61 Å². The van der Waals surface area contributed by atoms with Crippen molar-refractivity contribution >= 4 is 5.91 Å². The molecule has 7 nitrogen and oxygen atoms in total. The lowest BCUT2D eigenvalue weighted by molar-refractivity contribution is 0.0914. The summed E-state index contributed by atoms with van der Waals surface area (Å²) < 4.78 is 6.53. The Bertz CT molecular complexity index is 651. The lowest BCUT2D eigenvalue weighted by Crippen LogP contribution is -2.44. The summed E-state index contributed by atoms with van der Waals surface area (Å²) in [4.78, 5) is 39.0. The summed E-state index contributed by atoms with van der Waals surface area (Å²) in [6.07, 6.45) is 6.91. The Morgan fingerprint density at radius 2 is 2.05 bits per heavy atom. The second-order valence-corrected chi connectivity index (χ2v) is 6.01. The van der Waals surface area contributed by atoms with Crippen LogP contribution in [0.4, 0.5) is 0 Å². The lowest BCUT2D eigenvalue weighted by atomic mass is 10.2. The number of nitrogens with zero attached hydrogens (tertiary/aromatic N) is 1. The van der Waals surface area contributed by atoms with Gasteiger partial charge in [0.2, 0.25) is 0 Å². The minimum Gasteiger partial charge on any atom is -0.376 e. The normalized spacial score (nSPS) is 22.1. The lowest BCUT2D eigenvalue weighted by Gasteiger charge is -2.14. The van der Waals surface area contributed by atoms with Crippen LogP contribution in [0.5, 0.6) is 0 Å². The number of nitrogens with one attached hydrogen (secondary N) is 2. The number of H-pyrrole nitrogens is 1. The van der Waals surface area contributed by atoms with Crippen molar-refractivity contribution in [1.29, 1.82) is 0 Å². The van der Waals surface area contributed by atoms with Gasteiger partial charge < -0.3 is 15.0 Å². The zero-order chi connectivity index (χ0) is 15.5. The van der Waals surface area contributed by atoms with Crippen molar-refractivity contribution in [2.45, 2.75) is 57.2 Å². The Hall–Kier alpha value is -1.89. The van der Waals surface area contributed by atoms with Crippen molar-refractivity contribution in [3.05, 3.63) is 32.6 Å². The van der Waals surface area contributed by atoms with Crippen LogP contribution in [0.2, 0.25) is 0 Å². The molecule has 2 N–H and O–H groups in total. The maximum atomic E-state index is 12.4. The summed E-state index contributed by atoms with van der Waals surface area (Å²) >= 11 is 0. The predicted octanol–water partition coefficient (Wildman–Crippen LogP) is 0.388. The molecule has 2 aliphatic rings. The van der Waals surface area contributed by atoms with Crippen molar-refractivity contribution in [3.63, 3.8) is 0 Å². The highest BCUT2D eigenvalue weighted by Crippen LogP contribution is 2.17. The van der Waals surface area contributed by atoms with Gasteiger partial charge in [0.25, 0.3) is 11.5 Å². The Labute approximate surface area is 127 Å². The smallest absolute Gasteiger partial charge is 0.328 e. The molecule has 1 atom stereocenters. The van der Waals surface area contributed by atoms with E-state index in [1.807, 2.05) is 0 Å². The van der Waals surface area contributed by atoms with E-state index in [0.717, 1.165) is 43.1 Å². The number of amides is 1. The van der Waals surface area contributed by atoms with Crippen LogP contribution in [0.3, 0.4) is 0 Å². The molecule has 1 aromatic rings. The van der Waals surface area contributed by atoms with E-state index in [9.17, 15) is 14.4 Å². The molecule has 7 heteroatoms. The summed E-state index contributed by atoms with van der Waals surface area (Å²) in [5.41, 5.74) is -1.06. The first kappa shape index (κ1) is 15.0. The highest BCUT2D eigenvalue weighted by Gasteiger charge is 2.23. The molecule has 1 amide bonds. The van der Waals surface area contributed by atoms with E-state index in [-0.39, 0.29) is 24.3 Å². The molecule has 1 aliphatic carbocycles. The second-order valence-electron chi connectivity index (χ2n) is 6.01. The number of aromatic nitrogens is 2. The predicted molar refractivity (Wildman–Crippen MR) is 80.0 cm³/mol. The molecule has 1 aliphatic heterocycles. The highest BCUT2D eigenvalue weighted by atomic mass is 16.5. The minimum atomic E-state index is -0.547. The number of hydrogen-bond donors (Lipinski definition) is 2. The number of carbonyl (C=O) groups is 1. The topological polar surface area (TPSA) is 93.2 Å². The Morgan fingerprint density at radius 3 is 2.73 bits per heavy atom. The first-order chi connectivity index (χ1) is 10.6. The number of carbonyl (C=O) groups excluding carboxylic acids is 1. The van der Waals surface area contributed by atoms with Gasteiger partial charge in [0, 0.05) is 18.8 Å². The summed E-state index contributed by atoms with van der Waals surface area (Å²) in [6, 6.07) is 0.130. The average Bonchev–Trinajstić information content (AvgIpc) is 3.16. The largest absolute Gasteiger partial charge is 0.376 e. The third-order valence-corrected chi connectivity index (χ3v) is 4.41. The van der Waals surface area contributed by atoms with Gasteiger partial charge in [-0.25, -0.2) is 4.79 Å². The molecule has 22 heavy (non-hydrogen) atoms. The molecule has 2 heterocycles. The van der Waals surface area contributed by atoms with Crippen LogP contribution in [-0.2, 0) is 11.3 Å². The van der Waals surface area contributed by atoms with Crippen molar-refractivity contribution in [2.75, 3.05) is 6.61 Å². The van der Waals surface area contributed by atoms with E-state index in [2.05, 4.69) is 10.3 Å². The molecule has 2 fully saturated rings. The maximum Gasteiger partial charge on any atom is 0.328 e. The third kappa shape index (κ3) is 3.14. The van der Waals surface area contributed by atoms with Gasteiger partial charge in [-0.3, -0.25) is 14.2 Å². The molecular weight excluding hydrogens is 286 g/mol. The van der Waals surface area contributed by atoms with E-state index in [1.54, 1.807) is 0 Å². The molecule has 0 aromatic carbocycles. The highest BCUT2D eigenvalue weighted by molar-refractivity contribution is 5.93. The fraction of sp³-hybridized carbons (Fsp3) is 0.667. The van der Waals surface area contributed by atoms with E-state index in [4.69, 9.17) is 4.74 Å². The van der Waals surface area contributed by atoms with Crippen molar-refractivity contribution < 1.29 is 9.53 Å². The molecule has 120 valence electrons. The number of aromatic amines is 1. The molecule has 3 rings (SSSR count). The van der Waals surface area contributed by atoms with Gasteiger partial charge in [-0.05, 0) is 25.7 Å². The zero-order valence-electron chi connectivity index (χ0n) is 12.5. The van der Waals surface area contributed by atoms with Crippen LogP contribution in [0, 0.1) is 0 Å². The van der Waals surface area contributed by atoms with E-state index in [1.165, 1.54) is 6.20 Å². The van der Waals surface area contributed by atoms with Gasteiger partial charge in [0.05, 0.1) is 12.6 Å². The third-order valence-electron chi connectivity index (χ3n) is 4.41. The molecule has 0 radical (unpaired) electrons. The molecule has 1 saturated heterocycles. The number of rotatable bonds is 4. The van der Waals surface area contributed by atoms with E-state index >= 15 is 0 Å². The fourth-order valence-electron chi connectivity index (χ4n) is 3.16. The molecular formula is C15H21N3O4. The van der Waals surface area contributed by atoms with Gasteiger partial charge in [0.15, 0.2) is 0 Å². The first-order valence-corrected chi connectivity index (χ1v) is 7.90. The minimum absolute atomic E-state index is 0.00973. The quantitative estimate of drug-likeness (QED) is 0.841. The molecule has 1 unspecified atom stereocenters. The average molecular weight is 307 g/mol. The number of ether oxygens (including phenoxy) is 1. The number of hydrogen-bond acceptors (Lipinski definition) is 4. The van der Waals surface area contributed by atoms with Gasteiger partial charge in [0.1, 0.15) is 5.56 Å². The second kappa shape index (κ2) is 6.48. The molecule has 0 spiro atoms. The van der Waals surface area contributed by atoms with Crippen molar-refractivity contribution in [1.82, 2.24) is 14.9 Å². The summed E-state index contributed by atoms with van der Waals surface area (Å²) in [6.45, 7) is 0.845. The SMILES string of the molecule is O=C(NC1CCCC1)c1c[nH]c(=O)n(CC2CCCO2)c1=O. The van der Waals surface area contributed by atoms with Crippen molar-refractivity contribution in [3.8, 4) is 0 Å². The van der Waals surface area contributed by atoms with Crippen LogP contribution < -0.4 is 16.6 Å². The first-order valence-electron chi connectivity index (χ1n) is 7.90. The van der Waals surface area contributed by atoms with Gasteiger partial charge in [-0.1, -0.05) is 12.8 Å². The van der Waals surface area contributed by atoms with Crippen LogP contribution >= 0.6 is 0 Å². The summed E-state index contributed by atoms with van der Waals surface area (Å²) in [5, 5.41) is 2.87. The van der Waals surface area contributed by atoms with E-state index < -0.39 is 17.2 Å². The van der Waals surface area contributed by atoms with Gasteiger partial charge in [-0.15, -0.1) is 0 Å². The summed E-state index contributed by atoms with van der Waals surface area (Å²) in [5.74, 6) is -0.408. The Morgan fingerprint density at radius 1 is 1.27 bits per heavy atom. The monoisotopic (exact) mass is 307 g/mol. The van der Waals surface area contributed by atoms with Crippen LogP contribution in [-0.4, -0.2) is 34.2 Å². The fourth-order valence-corrected chi connectivity index (χ4v) is 3.16. The molecule has 1 saturated carbocycles. The zero-order valence-corrected chi connectivity index (χ0v) is 12.5. The van der Waals surface area contributed by atoms with Crippen LogP contribution in [0.1, 0.15) is 48.9 Å². The Balaban J connectivity index is 1.80. The standard InChI is InChI=1S/C15H21N3O4/c19-13(17-10-4-1-2-5-10)12-8-16-15(21)18(14(12)20)9-11-6-3-7-22-11/h8,10-11H,1-7,9H2,(H,16,21)(H,17,19). The van der Waals surface area contributed by atoms with Gasteiger partial charge >= 0.3 is 5.69 Å². The molecule has 0 bridgehead atoms. The Kier molecular flexibility index (Phi) is 4.42. The van der Waals surface area contributed by atoms with Crippen LogP contribution in [0.25, 0.3) is 0 Å². The maximum absolute atomic E-state index is 12.4. The van der Waals surface area contributed by atoms with Crippen molar-refractivity contribution in [2.24, 2.45) is 0 Å². The molecule has 1 aromatic heterocycles. The van der Waals surface area contributed by atoms with Crippen LogP contribution in [0.15, 0.2) is 15.8 Å². The van der Waals surface area contributed by atoms with Gasteiger partial charge in [-0.2, -0.15) is 0 Å². The summed E-state index contributed by atoms with van der Waals surface area (Å²) in [7, 11) is 0.